The largest absolute Gasteiger partial charge is 0.507 e. The van der Waals surface area contributed by atoms with Crippen molar-refractivity contribution in [3.05, 3.63) is 27.7 Å². The molecule has 0 bridgehead atoms. The summed E-state index contributed by atoms with van der Waals surface area (Å²) in [5.74, 6) is 0.396. The maximum absolute atomic E-state index is 9.88. The molecule has 0 aromatic heterocycles. The van der Waals surface area contributed by atoms with Gasteiger partial charge in [-0.3, -0.25) is 0 Å². The number of thioether (sulfide) groups is 1. The second kappa shape index (κ2) is 6.52. The van der Waals surface area contributed by atoms with Crippen molar-refractivity contribution in [1.29, 1.82) is 0 Å². The molecule has 0 fully saturated rings. The van der Waals surface area contributed by atoms with E-state index in [-0.39, 0.29) is 0 Å². The lowest BCUT2D eigenvalue weighted by atomic mass is 10.1. The molecule has 0 amide bonds. The summed E-state index contributed by atoms with van der Waals surface area (Å²) in [6.07, 6.45) is 2.10. The lowest BCUT2D eigenvalue weighted by Gasteiger charge is -2.12. The average Bonchev–Trinajstić information content (AvgIpc) is 2.24. The molecule has 2 nitrogen and oxygen atoms in total. The van der Waals surface area contributed by atoms with Crippen LogP contribution in [0, 0.1) is 6.92 Å². The van der Waals surface area contributed by atoms with Gasteiger partial charge >= 0.3 is 0 Å². The van der Waals surface area contributed by atoms with Crippen LogP contribution in [0.1, 0.15) is 18.1 Å². The van der Waals surface area contributed by atoms with Gasteiger partial charge in [-0.1, -0.05) is 22.9 Å². The second-order valence-electron chi connectivity index (χ2n) is 3.91. The van der Waals surface area contributed by atoms with Crippen molar-refractivity contribution < 1.29 is 5.11 Å². The molecule has 0 aliphatic rings. The van der Waals surface area contributed by atoms with Crippen molar-refractivity contribution in [2.75, 3.05) is 12.8 Å². The van der Waals surface area contributed by atoms with Gasteiger partial charge in [-0.05, 0) is 30.9 Å². The first kappa shape index (κ1) is 13.9. The minimum Gasteiger partial charge on any atom is -0.507 e. The van der Waals surface area contributed by atoms with Gasteiger partial charge in [0.2, 0.25) is 0 Å². The van der Waals surface area contributed by atoms with E-state index in [1.54, 1.807) is 0 Å². The molecule has 16 heavy (non-hydrogen) atoms. The summed E-state index contributed by atoms with van der Waals surface area (Å²) >= 11 is 5.27. The van der Waals surface area contributed by atoms with E-state index >= 15 is 0 Å². The van der Waals surface area contributed by atoms with Crippen LogP contribution in [0.5, 0.6) is 5.75 Å². The third kappa shape index (κ3) is 4.00. The van der Waals surface area contributed by atoms with Crippen molar-refractivity contribution in [3.8, 4) is 5.75 Å². The fraction of sp³-hybridized carbons (Fsp3) is 0.500. The van der Waals surface area contributed by atoms with E-state index in [9.17, 15) is 5.11 Å². The molecule has 1 aromatic rings. The number of phenolic OH excluding ortho intramolecular Hbond substituents is 1. The molecule has 90 valence electrons. The van der Waals surface area contributed by atoms with Gasteiger partial charge in [0.05, 0.1) is 0 Å². The zero-order valence-electron chi connectivity index (χ0n) is 9.88. The van der Waals surface area contributed by atoms with Crippen molar-refractivity contribution in [2.45, 2.75) is 25.6 Å². The summed E-state index contributed by atoms with van der Waals surface area (Å²) in [5, 5.41) is 13.8. The molecular weight excluding hydrogens is 286 g/mol. The summed E-state index contributed by atoms with van der Waals surface area (Å²) in [6, 6.07) is 3.88. The molecule has 0 radical (unpaired) electrons. The highest BCUT2D eigenvalue weighted by Gasteiger charge is 2.06. The van der Waals surface area contributed by atoms with E-state index in [0.29, 0.717) is 17.5 Å². The van der Waals surface area contributed by atoms with Gasteiger partial charge in [-0.15, -0.1) is 0 Å². The van der Waals surface area contributed by atoms with Crippen LogP contribution >= 0.6 is 27.7 Å². The summed E-state index contributed by atoms with van der Waals surface area (Å²) in [7, 11) is 0. The fourth-order valence-corrected chi connectivity index (χ4v) is 2.34. The van der Waals surface area contributed by atoms with Gasteiger partial charge in [0.1, 0.15) is 5.75 Å². The van der Waals surface area contributed by atoms with E-state index < -0.39 is 0 Å². The number of benzene rings is 1. The summed E-state index contributed by atoms with van der Waals surface area (Å²) in [6.45, 7) is 5.75. The molecule has 1 unspecified atom stereocenters. The molecule has 1 aromatic carbocycles. The quantitative estimate of drug-likeness (QED) is 0.875. The standard InChI is InChI=1S/C12H18BrNOS/c1-8-4-11(13)5-10(12(8)15)7-14-6-9(2)16-3/h4-5,9,14-15H,6-7H2,1-3H3. The van der Waals surface area contributed by atoms with E-state index in [4.69, 9.17) is 0 Å². The van der Waals surface area contributed by atoms with Crippen LogP contribution in [0.25, 0.3) is 0 Å². The molecule has 0 saturated heterocycles. The van der Waals surface area contributed by atoms with Crippen molar-refractivity contribution >= 4 is 27.7 Å². The number of hydrogen-bond donors (Lipinski definition) is 2. The highest BCUT2D eigenvalue weighted by atomic mass is 79.9. The van der Waals surface area contributed by atoms with Gasteiger partial charge in [-0.25, -0.2) is 0 Å². The Morgan fingerprint density at radius 1 is 1.50 bits per heavy atom. The Balaban J connectivity index is 2.60. The highest BCUT2D eigenvalue weighted by Crippen LogP contribution is 2.26. The van der Waals surface area contributed by atoms with E-state index in [1.165, 1.54) is 0 Å². The number of hydrogen-bond acceptors (Lipinski definition) is 3. The maximum Gasteiger partial charge on any atom is 0.123 e. The Morgan fingerprint density at radius 2 is 2.19 bits per heavy atom. The van der Waals surface area contributed by atoms with Crippen LogP contribution in [0.3, 0.4) is 0 Å². The topological polar surface area (TPSA) is 32.3 Å². The molecule has 1 atom stereocenters. The van der Waals surface area contributed by atoms with Gasteiger partial charge in [0, 0.05) is 28.4 Å². The van der Waals surface area contributed by atoms with Crippen LogP contribution in [0.15, 0.2) is 16.6 Å². The Morgan fingerprint density at radius 3 is 2.81 bits per heavy atom. The van der Waals surface area contributed by atoms with E-state index in [2.05, 4.69) is 34.4 Å². The monoisotopic (exact) mass is 303 g/mol. The highest BCUT2D eigenvalue weighted by molar-refractivity contribution is 9.10. The molecule has 0 aliphatic carbocycles. The van der Waals surface area contributed by atoms with Crippen LogP contribution in [0.2, 0.25) is 0 Å². The number of halogens is 1. The van der Waals surface area contributed by atoms with Crippen molar-refractivity contribution in [2.24, 2.45) is 0 Å². The molecule has 0 heterocycles. The fourth-order valence-electron chi connectivity index (χ4n) is 1.43. The minimum atomic E-state index is 0.396. The van der Waals surface area contributed by atoms with E-state index in [1.807, 2.05) is 30.8 Å². The smallest absolute Gasteiger partial charge is 0.123 e. The number of aryl methyl sites for hydroxylation is 1. The summed E-state index contributed by atoms with van der Waals surface area (Å²) in [5.41, 5.74) is 1.85. The molecule has 4 heteroatoms. The van der Waals surface area contributed by atoms with Crippen LogP contribution < -0.4 is 5.32 Å². The Kier molecular flexibility index (Phi) is 5.66. The third-order valence-corrected chi connectivity index (χ3v) is 3.92. The van der Waals surface area contributed by atoms with Gasteiger partial charge in [0.15, 0.2) is 0 Å². The SMILES string of the molecule is CSC(C)CNCc1cc(Br)cc(C)c1O. The third-order valence-electron chi connectivity index (χ3n) is 2.49. The van der Waals surface area contributed by atoms with Crippen LogP contribution in [-0.4, -0.2) is 23.2 Å². The predicted molar refractivity (Wildman–Crippen MR) is 75.2 cm³/mol. The minimum absolute atomic E-state index is 0.396. The Hall–Kier alpha value is -0.190. The Bertz CT molecular complexity index is 357. The summed E-state index contributed by atoms with van der Waals surface area (Å²) in [4.78, 5) is 0. The molecule has 0 saturated carbocycles. The molecule has 1 rings (SSSR count). The van der Waals surface area contributed by atoms with Gasteiger partial charge in [0.25, 0.3) is 0 Å². The number of aromatic hydroxyl groups is 1. The molecule has 2 N–H and O–H groups in total. The second-order valence-corrected chi connectivity index (χ2v) is 6.10. The average molecular weight is 304 g/mol. The lowest BCUT2D eigenvalue weighted by molar-refractivity contribution is 0.460. The lowest BCUT2D eigenvalue weighted by Crippen LogP contribution is -2.22. The van der Waals surface area contributed by atoms with Crippen LogP contribution in [-0.2, 0) is 6.54 Å². The predicted octanol–water partition coefficient (Wildman–Crippen LogP) is 3.30. The molecule has 0 spiro atoms. The summed E-state index contributed by atoms with van der Waals surface area (Å²) < 4.78 is 1.01. The van der Waals surface area contributed by atoms with Gasteiger partial charge in [-0.2, -0.15) is 11.8 Å². The van der Waals surface area contributed by atoms with Crippen LogP contribution in [0.4, 0.5) is 0 Å². The number of rotatable bonds is 5. The normalized spacial score (nSPS) is 12.8. The van der Waals surface area contributed by atoms with Crippen molar-refractivity contribution in [1.82, 2.24) is 5.32 Å². The molecular formula is C12H18BrNOS. The first-order valence-electron chi connectivity index (χ1n) is 5.26. The maximum atomic E-state index is 9.88. The first-order chi connectivity index (χ1) is 7.54. The number of phenols is 1. The number of nitrogens with one attached hydrogen (secondary N) is 1. The Labute approximate surface area is 110 Å². The molecule has 0 aliphatic heterocycles. The van der Waals surface area contributed by atoms with Gasteiger partial charge < -0.3 is 10.4 Å². The van der Waals surface area contributed by atoms with E-state index in [0.717, 1.165) is 22.1 Å². The van der Waals surface area contributed by atoms with Crippen molar-refractivity contribution in [3.63, 3.8) is 0 Å². The zero-order chi connectivity index (χ0) is 12.1. The zero-order valence-corrected chi connectivity index (χ0v) is 12.3. The first-order valence-corrected chi connectivity index (χ1v) is 7.34.